The molecule has 1 atom stereocenters. The minimum atomic E-state index is -2.84. The van der Waals surface area contributed by atoms with Gasteiger partial charge >= 0.3 is 0 Å². The van der Waals surface area contributed by atoms with Gasteiger partial charge in [0.25, 0.3) is 12.3 Å². The first kappa shape index (κ1) is 23.8. The number of nitrogens with one attached hydrogen (secondary N) is 1. The summed E-state index contributed by atoms with van der Waals surface area (Å²) in [6.07, 6.45) is 0.253. The van der Waals surface area contributed by atoms with Gasteiger partial charge in [-0.05, 0) is 32.4 Å². The number of carbonyl (C=O) groups is 2. The number of thiophene rings is 1. The van der Waals surface area contributed by atoms with Gasteiger partial charge in [-0.3, -0.25) is 19.0 Å². The first-order valence-electron chi connectivity index (χ1n) is 10.1. The number of hydrogen-bond donors (Lipinski definition) is 2. The normalized spacial score (nSPS) is 12.5. The predicted octanol–water partition coefficient (Wildman–Crippen LogP) is 4.40. The Balaban J connectivity index is 1.92. The lowest BCUT2D eigenvalue weighted by atomic mass is 10.0. The van der Waals surface area contributed by atoms with E-state index in [1.165, 1.54) is 16.9 Å². The third-order valence-corrected chi connectivity index (χ3v) is 6.88. The fourth-order valence-corrected chi connectivity index (χ4v) is 4.87. The number of nitrogens with two attached hydrogens (primary N) is 1. The van der Waals surface area contributed by atoms with Crippen LogP contribution in [0.15, 0.2) is 18.5 Å². The zero-order valence-electron chi connectivity index (χ0n) is 18.6. The Morgan fingerprint density at radius 3 is 2.50 bits per heavy atom. The molecule has 2 amide bonds. The number of amides is 2. The molecule has 0 saturated carbocycles. The Kier molecular flexibility index (Phi) is 6.13. The molecule has 34 heavy (non-hydrogen) atoms. The van der Waals surface area contributed by atoms with Gasteiger partial charge in [-0.25, -0.2) is 13.8 Å². The summed E-state index contributed by atoms with van der Waals surface area (Å²) in [5.41, 5.74) is 7.31. The Morgan fingerprint density at radius 1 is 1.26 bits per heavy atom. The average molecular weight is 508 g/mol. The van der Waals surface area contributed by atoms with Crippen LogP contribution < -0.4 is 11.1 Å². The molecule has 0 aliphatic rings. The number of fused-ring (bicyclic) bond motifs is 1. The van der Waals surface area contributed by atoms with E-state index >= 15 is 0 Å². The van der Waals surface area contributed by atoms with Crippen LogP contribution in [0.1, 0.15) is 46.1 Å². The maximum atomic E-state index is 13.6. The van der Waals surface area contributed by atoms with Crippen molar-refractivity contribution in [2.24, 2.45) is 12.8 Å². The van der Waals surface area contributed by atoms with Crippen molar-refractivity contribution in [2.45, 2.75) is 33.2 Å². The molecule has 4 rings (SSSR count). The summed E-state index contributed by atoms with van der Waals surface area (Å²) >= 11 is 6.90. The third kappa shape index (κ3) is 4.03. The van der Waals surface area contributed by atoms with E-state index in [4.69, 9.17) is 17.3 Å². The lowest BCUT2D eigenvalue weighted by Gasteiger charge is -2.16. The summed E-state index contributed by atoms with van der Waals surface area (Å²) in [4.78, 5) is 29.6. The molecule has 178 valence electrons. The number of aromatic nitrogens is 5. The van der Waals surface area contributed by atoms with Gasteiger partial charge in [-0.2, -0.15) is 10.2 Å². The zero-order chi connectivity index (χ0) is 24.9. The summed E-state index contributed by atoms with van der Waals surface area (Å²) in [5.74, 6) is -1.33. The molecule has 0 aliphatic carbocycles. The SMILES string of the molecule is Cc1nn(C)cc1-c1cc(C(F)F)nc2sc(C(N)=O)c(NC(=O)C(C)n3ncc(Cl)c3C)c12. The molecule has 9 nitrogen and oxygen atoms in total. The van der Waals surface area contributed by atoms with E-state index in [9.17, 15) is 18.4 Å². The van der Waals surface area contributed by atoms with Gasteiger partial charge in [0.2, 0.25) is 5.91 Å². The molecule has 13 heteroatoms. The van der Waals surface area contributed by atoms with Crippen LogP contribution in [0.4, 0.5) is 14.5 Å². The van der Waals surface area contributed by atoms with Crippen LogP contribution in [0.2, 0.25) is 5.02 Å². The number of rotatable bonds is 6. The van der Waals surface area contributed by atoms with E-state index in [2.05, 4.69) is 20.5 Å². The predicted molar refractivity (Wildman–Crippen MR) is 125 cm³/mol. The van der Waals surface area contributed by atoms with Gasteiger partial charge in [-0.1, -0.05) is 11.6 Å². The number of halogens is 3. The van der Waals surface area contributed by atoms with Gasteiger partial charge in [0.05, 0.1) is 28.3 Å². The highest BCUT2D eigenvalue weighted by atomic mass is 35.5. The first-order chi connectivity index (χ1) is 16.0. The number of pyridine rings is 1. The summed E-state index contributed by atoms with van der Waals surface area (Å²) in [7, 11) is 1.70. The Bertz CT molecular complexity index is 1440. The molecule has 0 saturated heterocycles. The number of anilines is 1. The number of aryl methyl sites for hydroxylation is 2. The van der Waals surface area contributed by atoms with Crippen molar-refractivity contribution in [1.82, 2.24) is 24.5 Å². The van der Waals surface area contributed by atoms with Crippen molar-refractivity contribution in [3.63, 3.8) is 0 Å². The second-order valence-electron chi connectivity index (χ2n) is 7.74. The van der Waals surface area contributed by atoms with Crippen LogP contribution >= 0.6 is 22.9 Å². The Hall–Kier alpha value is -3.38. The van der Waals surface area contributed by atoms with E-state index in [-0.39, 0.29) is 15.4 Å². The number of hydrogen-bond acceptors (Lipinski definition) is 6. The minimum Gasteiger partial charge on any atom is -0.365 e. The van der Waals surface area contributed by atoms with Crippen LogP contribution in [-0.2, 0) is 11.8 Å². The molecule has 0 aliphatic heterocycles. The smallest absolute Gasteiger partial charge is 0.280 e. The molecule has 0 spiro atoms. The van der Waals surface area contributed by atoms with Crippen molar-refractivity contribution >= 4 is 50.7 Å². The number of nitrogens with zero attached hydrogens (tertiary/aromatic N) is 5. The van der Waals surface area contributed by atoms with Crippen molar-refractivity contribution in [1.29, 1.82) is 0 Å². The molecular weight excluding hydrogens is 488 g/mol. The van der Waals surface area contributed by atoms with Gasteiger partial charge in [0, 0.05) is 24.2 Å². The summed E-state index contributed by atoms with van der Waals surface area (Å²) in [5, 5.41) is 11.9. The van der Waals surface area contributed by atoms with Crippen LogP contribution in [0.5, 0.6) is 0 Å². The topological polar surface area (TPSA) is 121 Å². The maximum Gasteiger partial charge on any atom is 0.280 e. The molecule has 3 N–H and O–H groups in total. The zero-order valence-corrected chi connectivity index (χ0v) is 20.1. The lowest BCUT2D eigenvalue weighted by molar-refractivity contribution is -0.119. The number of primary amides is 1. The van der Waals surface area contributed by atoms with Gasteiger partial charge in [-0.15, -0.1) is 11.3 Å². The van der Waals surface area contributed by atoms with Crippen LogP contribution in [0.3, 0.4) is 0 Å². The molecule has 0 radical (unpaired) electrons. The second kappa shape index (κ2) is 8.76. The van der Waals surface area contributed by atoms with E-state index in [1.807, 2.05) is 0 Å². The maximum absolute atomic E-state index is 13.6. The number of alkyl halides is 2. The fourth-order valence-electron chi connectivity index (χ4n) is 3.73. The van der Waals surface area contributed by atoms with Gasteiger partial charge in [0.15, 0.2) is 0 Å². The summed E-state index contributed by atoms with van der Waals surface area (Å²) < 4.78 is 30.3. The minimum absolute atomic E-state index is 0.00696. The molecule has 4 heterocycles. The van der Waals surface area contributed by atoms with E-state index in [0.717, 1.165) is 11.3 Å². The highest BCUT2D eigenvalue weighted by Gasteiger charge is 2.28. The Morgan fingerprint density at radius 2 is 1.97 bits per heavy atom. The van der Waals surface area contributed by atoms with Crippen molar-refractivity contribution in [3.05, 3.63) is 45.4 Å². The van der Waals surface area contributed by atoms with E-state index < -0.39 is 30.0 Å². The lowest BCUT2D eigenvalue weighted by Crippen LogP contribution is -2.26. The molecule has 0 aromatic carbocycles. The fraction of sp³-hybridized carbons (Fsp3) is 0.286. The van der Waals surface area contributed by atoms with E-state index in [1.54, 1.807) is 38.7 Å². The van der Waals surface area contributed by atoms with Crippen LogP contribution in [0, 0.1) is 13.8 Å². The standard InChI is InChI=1S/C21H20ClF2N7O2S/c1-8-12(7-30(4)29-8)11-5-14(18(23)24)27-21-15(11)16(17(34-21)19(25)32)28-20(33)10(3)31-9(2)13(22)6-26-31/h5-7,10,18H,1-4H3,(H2,25,32)(H,28,33). The van der Waals surface area contributed by atoms with Crippen molar-refractivity contribution < 1.29 is 18.4 Å². The Labute approximate surface area is 201 Å². The number of carbonyl (C=O) groups excluding carboxylic acids is 2. The molecule has 4 aromatic heterocycles. The van der Waals surface area contributed by atoms with Gasteiger partial charge < -0.3 is 11.1 Å². The summed E-state index contributed by atoms with van der Waals surface area (Å²) in [6, 6.07) is 0.449. The van der Waals surface area contributed by atoms with Crippen LogP contribution in [-0.4, -0.2) is 36.4 Å². The van der Waals surface area contributed by atoms with Gasteiger partial charge in [0.1, 0.15) is 21.4 Å². The molecular formula is C21H20ClF2N7O2S. The largest absolute Gasteiger partial charge is 0.365 e. The van der Waals surface area contributed by atoms with Crippen molar-refractivity contribution in [3.8, 4) is 11.1 Å². The monoisotopic (exact) mass is 507 g/mol. The highest BCUT2D eigenvalue weighted by molar-refractivity contribution is 7.21. The average Bonchev–Trinajstić information content (AvgIpc) is 3.42. The second-order valence-corrected chi connectivity index (χ2v) is 9.14. The van der Waals surface area contributed by atoms with E-state index in [0.29, 0.717) is 32.9 Å². The first-order valence-corrected chi connectivity index (χ1v) is 11.3. The highest BCUT2D eigenvalue weighted by Crippen LogP contribution is 2.43. The van der Waals surface area contributed by atoms with Crippen LogP contribution in [0.25, 0.3) is 21.3 Å². The molecule has 0 fully saturated rings. The molecule has 0 bridgehead atoms. The summed E-state index contributed by atoms with van der Waals surface area (Å²) in [6.45, 7) is 5.06. The molecule has 4 aromatic rings. The quantitative estimate of drug-likeness (QED) is 0.400. The molecule has 1 unspecified atom stereocenters. The van der Waals surface area contributed by atoms with Crippen molar-refractivity contribution in [2.75, 3.05) is 5.32 Å². The third-order valence-electron chi connectivity index (χ3n) is 5.41.